The van der Waals surface area contributed by atoms with Gasteiger partial charge in [-0.1, -0.05) is 54.1 Å². The van der Waals surface area contributed by atoms with Crippen molar-refractivity contribution >= 4 is 21.8 Å². The first-order valence-electron chi connectivity index (χ1n) is 16.1. The zero-order valence-corrected chi connectivity index (χ0v) is 27.3. The van der Waals surface area contributed by atoms with Gasteiger partial charge in [0.25, 0.3) is 5.91 Å². The van der Waals surface area contributed by atoms with Gasteiger partial charge in [0.05, 0.1) is 18.1 Å². The molecule has 1 aliphatic carbocycles. The Morgan fingerprint density at radius 2 is 1.66 bits per heavy atom. The van der Waals surface area contributed by atoms with E-state index in [9.17, 15) is 22.4 Å². The number of rotatable bonds is 14. The van der Waals surface area contributed by atoms with Gasteiger partial charge in [0, 0.05) is 32.6 Å². The van der Waals surface area contributed by atoms with E-state index in [-0.39, 0.29) is 43.5 Å². The molecule has 47 heavy (non-hydrogen) atoms. The highest BCUT2D eigenvalue weighted by atomic mass is 32.2. The van der Waals surface area contributed by atoms with Crippen LogP contribution in [0.1, 0.15) is 43.2 Å². The van der Waals surface area contributed by atoms with Crippen LogP contribution in [0.5, 0.6) is 5.75 Å². The van der Waals surface area contributed by atoms with Crippen molar-refractivity contribution in [3.63, 3.8) is 0 Å². The number of halogens is 1. The highest BCUT2D eigenvalue weighted by molar-refractivity contribution is 7.89. The van der Waals surface area contributed by atoms with Gasteiger partial charge in [-0.2, -0.15) is 4.31 Å². The Bertz CT molecular complexity index is 1610. The molecular weight excluding hydrogens is 621 g/mol. The Hall–Kier alpha value is -4.06. The van der Waals surface area contributed by atoms with Crippen LogP contribution in [0.4, 0.5) is 4.39 Å². The molecule has 11 heteroatoms. The monoisotopic (exact) mass is 663 g/mol. The Morgan fingerprint density at radius 1 is 0.936 bits per heavy atom. The van der Waals surface area contributed by atoms with Crippen molar-refractivity contribution in [3.8, 4) is 5.75 Å². The minimum absolute atomic E-state index is 0.0648. The fraction of sp³-hybridized carbons (Fsp3) is 0.389. The van der Waals surface area contributed by atoms with Crippen molar-refractivity contribution in [2.45, 2.75) is 56.0 Å². The molecule has 1 aliphatic heterocycles. The molecular formula is C36H42FN3O6S. The standard InChI is InChI=1S/C36H42FN3O6S/c37-31-13-11-30(12-14-31)26-40(34(25-29-9-5-2-6-10-29)36(42)38-20-19-28-7-3-1-4-8-28)35(41)27-46-32-15-17-33(18-16-32)47(43,44)39-21-23-45-24-22-39/h2,5-7,9-18,34H,1,3-4,8,19-27H2,(H,38,42)/t34-/m1/s1. The first-order chi connectivity index (χ1) is 22.8. The molecule has 3 aromatic rings. The second-order valence-corrected chi connectivity index (χ2v) is 13.7. The van der Waals surface area contributed by atoms with Gasteiger partial charge in [-0.25, -0.2) is 12.8 Å². The van der Waals surface area contributed by atoms with E-state index >= 15 is 0 Å². The smallest absolute Gasteiger partial charge is 0.261 e. The third-order valence-electron chi connectivity index (χ3n) is 8.46. The molecule has 250 valence electrons. The number of amides is 2. The molecule has 9 nitrogen and oxygen atoms in total. The number of hydrogen-bond acceptors (Lipinski definition) is 6. The molecule has 5 rings (SSSR count). The Balaban J connectivity index is 1.32. The molecule has 0 spiro atoms. The Morgan fingerprint density at radius 3 is 2.34 bits per heavy atom. The van der Waals surface area contributed by atoms with E-state index in [1.807, 2.05) is 30.3 Å². The molecule has 1 atom stereocenters. The fourth-order valence-electron chi connectivity index (χ4n) is 5.81. The number of sulfonamides is 1. The van der Waals surface area contributed by atoms with Gasteiger partial charge in [-0.05, 0) is 79.6 Å². The van der Waals surface area contributed by atoms with Crippen molar-refractivity contribution in [1.82, 2.24) is 14.5 Å². The number of ether oxygens (including phenoxy) is 2. The van der Waals surface area contributed by atoms with Gasteiger partial charge in [0.2, 0.25) is 15.9 Å². The molecule has 3 aromatic carbocycles. The van der Waals surface area contributed by atoms with Gasteiger partial charge in [0.15, 0.2) is 6.61 Å². The summed E-state index contributed by atoms with van der Waals surface area (Å²) in [4.78, 5) is 29.3. The summed E-state index contributed by atoms with van der Waals surface area (Å²) >= 11 is 0. The summed E-state index contributed by atoms with van der Waals surface area (Å²) in [7, 11) is -3.68. The molecule has 2 aliphatic rings. The van der Waals surface area contributed by atoms with E-state index in [4.69, 9.17) is 9.47 Å². The van der Waals surface area contributed by atoms with Crippen molar-refractivity contribution in [2.24, 2.45) is 0 Å². The number of nitrogens with one attached hydrogen (secondary N) is 1. The summed E-state index contributed by atoms with van der Waals surface area (Å²) in [6, 6.07) is 20.4. The second kappa shape index (κ2) is 16.7. The maximum absolute atomic E-state index is 13.9. The van der Waals surface area contributed by atoms with Crippen molar-refractivity contribution in [1.29, 1.82) is 0 Å². The van der Waals surface area contributed by atoms with Crippen molar-refractivity contribution < 1.29 is 31.9 Å². The summed E-state index contributed by atoms with van der Waals surface area (Å²) in [6.07, 6.45) is 7.73. The van der Waals surface area contributed by atoms with Crippen molar-refractivity contribution in [2.75, 3.05) is 39.5 Å². The van der Waals surface area contributed by atoms with Crippen LogP contribution in [0.2, 0.25) is 0 Å². The molecule has 0 bridgehead atoms. The molecule has 1 heterocycles. The number of allylic oxidation sites excluding steroid dienone is 1. The highest BCUT2D eigenvalue weighted by Gasteiger charge is 2.31. The summed E-state index contributed by atoms with van der Waals surface area (Å²) in [5, 5.41) is 3.06. The normalized spacial score (nSPS) is 16.1. The topological polar surface area (TPSA) is 105 Å². The molecule has 1 saturated heterocycles. The van der Waals surface area contributed by atoms with Gasteiger partial charge in [0.1, 0.15) is 17.6 Å². The molecule has 0 saturated carbocycles. The first kappa shape index (κ1) is 34.3. The maximum atomic E-state index is 13.9. The lowest BCUT2D eigenvalue weighted by Crippen LogP contribution is -2.51. The number of benzene rings is 3. The summed E-state index contributed by atoms with van der Waals surface area (Å²) < 4.78 is 52.3. The summed E-state index contributed by atoms with van der Waals surface area (Å²) in [5.74, 6) is -0.806. The third kappa shape index (κ3) is 9.73. The molecule has 1 fully saturated rings. The van der Waals surface area contributed by atoms with Gasteiger partial charge in [-0.3, -0.25) is 9.59 Å². The molecule has 0 radical (unpaired) electrons. The largest absolute Gasteiger partial charge is 0.484 e. The number of nitrogens with zero attached hydrogens (tertiary/aromatic N) is 2. The lowest BCUT2D eigenvalue weighted by molar-refractivity contribution is -0.142. The molecule has 0 aromatic heterocycles. The van der Waals surface area contributed by atoms with Crippen LogP contribution < -0.4 is 10.1 Å². The first-order valence-corrected chi connectivity index (χ1v) is 17.6. The second-order valence-electron chi connectivity index (χ2n) is 11.8. The average Bonchev–Trinajstić information content (AvgIpc) is 3.11. The van der Waals surface area contributed by atoms with Crippen LogP contribution in [-0.4, -0.2) is 74.9 Å². The predicted molar refractivity (Wildman–Crippen MR) is 177 cm³/mol. The number of carbonyl (C=O) groups is 2. The Kier molecular flexibility index (Phi) is 12.2. The van der Waals surface area contributed by atoms with E-state index in [2.05, 4.69) is 11.4 Å². The number of hydrogen-bond donors (Lipinski definition) is 1. The minimum Gasteiger partial charge on any atom is -0.484 e. The SMILES string of the molecule is O=C(NCCC1=CCCCC1)[C@@H](Cc1ccccc1)N(Cc1ccc(F)cc1)C(=O)COc1ccc(S(=O)(=O)N2CCOCC2)cc1. The van der Waals surface area contributed by atoms with Gasteiger partial charge < -0.3 is 19.7 Å². The third-order valence-corrected chi connectivity index (χ3v) is 10.4. The zero-order chi connectivity index (χ0) is 33.1. The quantitative estimate of drug-likeness (QED) is 0.247. The van der Waals surface area contributed by atoms with E-state index < -0.39 is 27.8 Å². The number of morpholine rings is 1. The van der Waals surface area contributed by atoms with Crippen LogP contribution in [-0.2, 0) is 37.3 Å². The number of carbonyl (C=O) groups excluding carboxylic acids is 2. The Labute approximate surface area is 276 Å². The van der Waals surface area contributed by atoms with Crippen LogP contribution in [0.15, 0.2) is 95.4 Å². The fourth-order valence-corrected chi connectivity index (χ4v) is 7.22. The van der Waals surface area contributed by atoms with Crippen LogP contribution in [0, 0.1) is 5.82 Å². The van der Waals surface area contributed by atoms with E-state index in [0.717, 1.165) is 31.2 Å². The highest BCUT2D eigenvalue weighted by Crippen LogP contribution is 2.22. The van der Waals surface area contributed by atoms with E-state index in [1.54, 1.807) is 12.1 Å². The molecule has 1 N–H and O–H groups in total. The van der Waals surface area contributed by atoms with Crippen LogP contribution in [0.3, 0.4) is 0 Å². The maximum Gasteiger partial charge on any atom is 0.261 e. The predicted octanol–water partition coefficient (Wildman–Crippen LogP) is 4.87. The van der Waals surface area contributed by atoms with Gasteiger partial charge in [-0.15, -0.1) is 0 Å². The van der Waals surface area contributed by atoms with Gasteiger partial charge >= 0.3 is 0 Å². The van der Waals surface area contributed by atoms with E-state index in [0.29, 0.717) is 31.1 Å². The minimum atomic E-state index is -3.68. The van der Waals surface area contributed by atoms with E-state index in [1.165, 1.54) is 57.6 Å². The lowest BCUT2D eigenvalue weighted by Gasteiger charge is -2.31. The molecule has 2 amide bonds. The summed E-state index contributed by atoms with van der Waals surface area (Å²) in [5.41, 5.74) is 2.89. The lowest BCUT2D eigenvalue weighted by atomic mass is 9.97. The van der Waals surface area contributed by atoms with Crippen LogP contribution >= 0.6 is 0 Å². The van der Waals surface area contributed by atoms with Crippen LogP contribution in [0.25, 0.3) is 0 Å². The zero-order valence-electron chi connectivity index (χ0n) is 26.5. The van der Waals surface area contributed by atoms with Crippen molar-refractivity contribution in [3.05, 3.63) is 107 Å². The molecule has 0 unspecified atom stereocenters. The average molecular weight is 664 g/mol. The summed E-state index contributed by atoms with van der Waals surface area (Å²) in [6.45, 7) is 1.40.